The Hall–Kier alpha value is -1.84. The highest BCUT2D eigenvalue weighted by molar-refractivity contribution is 5.86. The number of aldehydes is 1. The second kappa shape index (κ2) is 3.87. The number of carboxylic acid groups (broad SMARTS) is 1. The summed E-state index contributed by atoms with van der Waals surface area (Å²) in [7, 11) is 0. The summed E-state index contributed by atoms with van der Waals surface area (Å²) in [4.78, 5) is 24.1. The summed E-state index contributed by atoms with van der Waals surface area (Å²) in [5.41, 5.74) is 1.02. The van der Waals surface area contributed by atoms with E-state index in [1.807, 2.05) is 24.3 Å². The van der Waals surface area contributed by atoms with Gasteiger partial charge in [0.15, 0.2) is 0 Å². The molecule has 0 radical (unpaired) electrons. The number of carbonyl (C=O) groups is 2. The third-order valence-electron chi connectivity index (χ3n) is 3.17. The Morgan fingerprint density at radius 2 is 2.12 bits per heavy atom. The fourth-order valence-electron chi connectivity index (χ4n) is 2.35. The lowest BCUT2D eigenvalue weighted by Gasteiger charge is -2.36. The number of nitrogens with zero attached hydrogens (tertiary/aromatic N) is 1. The number of benzene rings is 1. The van der Waals surface area contributed by atoms with Gasteiger partial charge in [-0.05, 0) is 25.5 Å². The van der Waals surface area contributed by atoms with Gasteiger partial charge in [0.05, 0.1) is 5.54 Å². The Morgan fingerprint density at radius 1 is 1.47 bits per heavy atom. The minimum Gasteiger partial charge on any atom is -0.480 e. The molecule has 1 unspecified atom stereocenters. The molecule has 0 fully saturated rings. The van der Waals surface area contributed by atoms with Gasteiger partial charge >= 0.3 is 5.97 Å². The molecule has 17 heavy (non-hydrogen) atoms. The molecule has 90 valence electrons. The number of fused-ring (bicyclic) bond motifs is 1. The molecule has 1 aliphatic heterocycles. The Bertz CT molecular complexity index is 467. The first-order chi connectivity index (χ1) is 7.97. The summed E-state index contributed by atoms with van der Waals surface area (Å²) in [5.74, 6) is -0.892. The molecular weight excluding hydrogens is 218 g/mol. The molecule has 1 N–H and O–H groups in total. The summed E-state index contributed by atoms with van der Waals surface area (Å²) >= 11 is 0. The quantitative estimate of drug-likeness (QED) is 0.803. The Balaban J connectivity index is 2.51. The average molecular weight is 233 g/mol. The van der Waals surface area contributed by atoms with Gasteiger partial charge < -0.3 is 14.8 Å². The van der Waals surface area contributed by atoms with Crippen LogP contribution in [0, 0.1) is 0 Å². The first-order valence-electron chi connectivity index (χ1n) is 5.54. The first kappa shape index (κ1) is 11.6. The number of carbonyl (C=O) groups excluding carboxylic acids is 1. The summed E-state index contributed by atoms with van der Waals surface area (Å²) < 4.78 is 0. The molecule has 0 aliphatic carbocycles. The topological polar surface area (TPSA) is 57.6 Å². The predicted molar refractivity (Wildman–Crippen MR) is 64.2 cm³/mol. The maximum absolute atomic E-state index is 11.3. The normalized spacial score (nSPS) is 18.9. The van der Waals surface area contributed by atoms with E-state index < -0.39 is 17.6 Å². The molecule has 1 aliphatic rings. The molecule has 2 rings (SSSR count). The summed E-state index contributed by atoms with van der Waals surface area (Å²) in [5, 5.41) is 9.26. The number of carboxylic acids is 1. The van der Waals surface area contributed by atoms with E-state index in [4.69, 9.17) is 0 Å². The lowest BCUT2D eigenvalue weighted by atomic mass is 10.0. The van der Waals surface area contributed by atoms with Crippen LogP contribution < -0.4 is 4.90 Å². The number of anilines is 1. The van der Waals surface area contributed by atoms with E-state index in [0.717, 1.165) is 17.5 Å². The minimum atomic E-state index is -0.892. The zero-order chi connectivity index (χ0) is 12.6. The van der Waals surface area contributed by atoms with Gasteiger partial charge in [-0.25, -0.2) is 4.79 Å². The Labute approximate surface area is 99.9 Å². The van der Waals surface area contributed by atoms with Crippen LogP contribution >= 0.6 is 0 Å². The average Bonchev–Trinajstić information content (AvgIpc) is 2.69. The van der Waals surface area contributed by atoms with Gasteiger partial charge in [-0.1, -0.05) is 18.2 Å². The van der Waals surface area contributed by atoms with Crippen LogP contribution in [0.2, 0.25) is 0 Å². The zero-order valence-corrected chi connectivity index (χ0v) is 9.88. The van der Waals surface area contributed by atoms with Gasteiger partial charge in [0.2, 0.25) is 0 Å². The summed E-state index contributed by atoms with van der Waals surface area (Å²) in [6.07, 6.45) is 1.24. The Kier molecular flexibility index (Phi) is 2.65. The van der Waals surface area contributed by atoms with Gasteiger partial charge in [-0.2, -0.15) is 0 Å². The van der Waals surface area contributed by atoms with E-state index in [1.54, 1.807) is 18.7 Å². The molecule has 1 atom stereocenters. The number of aliphatic carboxylic acids is 1. The van der Waals surface area contributed by atoms with Crippen molar-refractivity contribution in [3.8, 4) is 0 Å². The van der Waals surface area contributed by atoms with Gasteiger partial charge in [0.25, 0.3) is 0 Å². The van der Waals surface area contributed by atoms with Crippen molar-refractivity contribution in [3.05, 3.63) is 29.8 Å². The van der Waals surface area contributed by atoms with Crippen molar-refractivity contribution in [3.63, 3.8) is 0 Å². The van der Waals surface area contributed by atoms with E-state index in [0.29, 0.717) is 6.42 Å². The lowest BCUT2D eigenvalue weighted by molar-refractivity contribution is -0.138. The number of hydrogen-bond acceptors (Lipinski definition) is 3. The van der Waals surface area contributed by atoms with Crippen molar-refractivity contribution in [2.45, 2.75) is 31.8 Å². The van der Waals surface area contributed by atoms with Gasteiger partial charge in [0, 0.05) is 12.1 Å². The smallest absolute Gasteiger partial charge is 0.326 e. The van der Waals surface area contributed by atoms with E-state index >= 15 is 0 Å². The maximum Gasteiger partial charge on any atom is 0.326 e. The van der Waals surface area contributed by atoms with Crippen molar-refractivity contribution < 1.29 is 14.7 Å². The SMILES string of the molecule is CC(C)(C=O)N1c2ccccc2CC1C(=O)O. The van der Waals surface area contributed by atoms with E-state index in [2.05, 4.69) is 0 Å². The van der Waals surface area contributed by atoms with Crippen LogP contribution in [0.3, 0.4) is 0 Å². The highest BCUT2D eigenvalue weighted by atomic mass is 16.4. The van der Waals surface area contributed by atoms with Crippen LogP contribution in [0.25, 0.3) is 0 Å². The highest BCUT2D eigenvalue weighted by Gasteiger charge is 2.42. The van der Waals surface area contributed by atoms with Crippen LogP contribution in [0.1, 0.15) is 19.4 Å². The molecule has 0 saturated heterocycles. The molecule has 1 heterocycles. The van der Waals surface area contributed by atoms with E-state index in [1.165, 1.54) is 0 Å². The second-order valence-corrected chi connectivity index (χ2v) is 4.83. The lowest BCUT2D eigenvalue weighted by Crippen LogP contribution is -2.52. The number of rotatable bonds is 3. The first-order valence-corrected chi connectivity index (χ1v) is 5.54. The molecular formula is C13H15NO3. The zero-order valence-electron chi connectivity index (χ0n) is 9.88. The predicted octanol–water partition coefficient (Wildman–Crippen LogP) is 1.48. The van der Waals surface area contributed by atoms with Crippen LogP contribution in [-0.2, 0) is 16.0 Å². The molecule has 0 bridgehead atoms. The van der Waals surface area contributed by atoms with Gasteiger partial charge in [-0.15, -0.1) is 0 Å². The monoisotopic (exact) mass is 233 g/mol. The molecule has 4 nitrogen and oxygen atoms in total. The van der Waals surface area contributed by atoms with Crippen LogP contribution in [0.15, 0.2) is 24.3 Å². The number of hydrogen-bond donors (Lipinski definition) is 1. The van der Waals surface area contributed by atoms with Crippen molar-refractivity contribution in [2.75, 3.05) is 4.90 Å². The second-order valence-electron chi connectivity index (χ2n) is 4.83. The van der Waals surface area contributed by atoms with Crippen LogP contribution in [-0.4, -0.2) is 28.9 Å². The third kappa shape index (κ3) is 1.79. The third-order valence-corrected chi connectivity index (χ3v) is 3.17. The van der Waals surface area contributed by atoms with Crippen LogP contribution in [0.4, 0.5) is 5.69 Å². The van der Waals surface area contributed by atoms with Crippen molar-refractivity contribution >= 4 is 17.9 Å². The van der Waals surface area contributed by atoms with Gasteiger partial charge in [0.1, 0.15) is 12.3 Å². The molecule has 1 aromatic carbocycles. The van der Waals surface area contributed by atoms with Gasteiger partial charge in [-0.3, -0.25) is 0 Å². The van der Waals surface area contributed by atoms with Crippen molar-refractivity contribution in [1.82, 2.24) is 0 Å². The minimum absolute atomic E-state index is 0.447. The van der Waals surface area contributed by atoms with Crippen molar-refractivity contribution in [2.24, 2.45) is 0 Å². The van der Waals surface area contributed by atoms with E-state index in [-0.39, 0.29) is 0 Å². The maximum atomic E-state index is 11.3. The molecule has 1 aromatic rings. The van der Waals surface area contributed by atoms with Crippen molar-refractivity contribution in [1.29, 1.82) is 0 Å². The standard InChI is InChI=1S/C13H15NO3/c1-13(2,8-15)14-10-6-4-3-5-9(10)7-11(14)12(16)17/h3-6,8,11H,7H2,1-2H3,(H,16,17). The fourth-order valence-corrected chi connectivity index (χ4v) is 2.35. The molecule has 0 amide bonds. The van der Waals surface area contributed by atoms with Crippen LogP contribution in [0.5, 0.6) is 0 Å². The molecule has 0 aromatic heterocycles. The highest BCUT2D eigenvalue weighted by Crippen LogP contribution is 2.36. The Morgan fingerprint density at radius 3 is 2.71 bits per heavy atom. The fraction of sp³-hybridized carbons (Fsp3) is 0.385. The number of para-hydroxylation sites is 1. The molecule has 0 saturated carbocycles. The largest absolute Gasteiger partial charge is 0.480 e. The molecule has 4 heteroatoms. The molecule has 0 spiro atoms. The summed E-state index contributed by atoms with van der Waals surface area (Å²) in [6.45, 7) is 3.47. The van der Waals surface area contributed by atoms with E-state index in [9.17, 15) is 14.7 Å². The summed E-state index contributed by atoms with van der Waals surface area (Å²) in [6, 6.07) is 6.86.